The first kappa shape index (κ1) is 12.8. The van der Waals surface area contributed by atoms with Gasteiger partial charge in [0.05, 0.1) is 11.9 Å². The molecule has 3 nitrogen and oxygen atoms in total. The zero-order chi connectivity index (χ0) is 13.2. The van der Waals surface area contributed by atoms with Gasteiger partial charge < -0.3 is 10.7 Å². The molecule has 2 rings (SSSR count). The molecule has 0 spiro atoms. The van der Waals surface area contributed by atoms with Gasteiger partial charge in [-0.3, -0.25) is 0 Å². The third kappa shape index (κ3) is 2.59. The van der Waals surface area contributed by atoms with Gasteiger partial charge in [-0.05, 0) is 42.8 Å². The maximum absolute atomic E-state index is 12.9. The van der Waals surface area contributed by atoms with Gasteiger partial charge in [0, 0.05) is 5.41 Å². The Balaban J connectivity index is 2.28. The minimum Gasteiger partial charge on any atom is -0.342 e. The maximum Gasteiger partial charge on any atom is 0.123 e. The van der Waals surface area contributed by atoms with E-state index >= 15 is 0 Å². The van der Waals surface area contributed by atoms with E-state index in [2.05, 4.69) is 23.8 Å². The van der Waals surface area contributed by atoms with Crippen LogP contribution in [0.1, 0.15) is 26.1 Å². The van der Waals surface area contributed by atoms with Crippen molar-refractivity contribution in [1.82, 2.24) is 9.97 Å². The lowest BCUT2D eigenvalue weighted by atomic mass is 9.88. The van der Waals surface area contributed by atoms with Gasteiger partial charge in [-0.2, -0.15) is 0 Å². The lowest BCUT2D eigenvalue weighted by Crippen LogP contribution is -2.23. The molecular formula is C14H18FN3. The van der Waals surface area contributed by atoms with Crippen LogP contribution in [0.25, 0.3) is 11.3 Å². The van der Waals surface area contributed by atoms with Crippen molar-refractivity contribution < 1.29 is 4.39 Å². The van der Waals surface area contributed by atoms with Crippen LogP contribution in [0, 0.1) is 5.82 Å². The van der Waals surface area contributed by atoms with E-state index in [1.165, 1.54) is 12.1 Å². The first-order valence-corrected chi connectivity index (χ1v) is 6.04. The van der Waals surface area contributed by atoms with Gasteiger partial charge in [-0.25, -0.2) is 9.37 Å². The zero-order valence-corrected chi connectivity index (χ0v) is 10.7. The number of hydrogen-bond acceptors (Lipinski definition) is 2. The van der Waals surface area contributed by atoms with Crippen molar-refractivity contribution in [1.29, 1.82) is 0 Å². The number of nitrogens with two attached hydrogens (primary N) is 1. The molecule has 0 aliphatic heterocycles. The van der Waals surface area contributed by atoms with Crippen molar-refractivity contribution in [2.75, 3.05) is 6.54 Å². The number of nitrogens with zero attached hydrogens (tertiary/aromatic N) is 1. The molecule has 0 aliphatic rings. The Morgan fingerprint density at radius 3 is 2.56 bits per heavy atom. The Labute approximate surface area is 106 Å². The summed E-state index contributed by atoms with van der Waals surface area (Å²) in [6.07, 6.45) is 2.64. The number of aromatic amines is 1. The van der Waals surface area contributed by atoms with Crippen LogP contribution in [0.15, 0.2) is 30.5 Å². The minimum atomic E-state index is -0.234. The molecule has 0 radical (unpaired) electrons. The highest BCUT2D eigenvalue weighted by Crippen LogP contribution is 2.26. The third-order valence-corrected chi connectivity index (χ3v) is 3.14. The Morgan fingerprint density at radius 2 is 1.94 bits per heavy atom. The second kappa shape index (κ2) is 4.90. The zero-order valence-electron chi connectivity index (χ0n) is 10.7. The van der Waals surface area contributed by atoms with Gasteiger partial charge in [0.1, 0.15) is 11.6 Å². The fourth-order valence-electron chi connectivity index (χ4n) is 1.92. The highest BCUT2D eigenvalue weighted by Gasteiger charge is 2.23. The molecule has 0 aliphatic carbocycles. The van der Waals surface area contributed by atoms with E-state index in [0.717, 1.165) is 23.5 Å². The summed E-state index contributed by atoms with van der Waals surface area (Å²) in [5, 5.41) is 0. The molecule has 0 atom stereocenters. The number of nitrogens with one attached hydrogen (secondary N) is 1. The van der Waals surface area contributed by atoms with E-state index in [4.69, 9.17) is 5.73 Å². The van der Waals surface area contributed by atoms with Crippen molar-refractivity contribution in [3.8, 4) is 11.3 Å². The van der Waals surface area contributed by atoms with Gasteiger partial charge in [0.2, 0.25) is 0 Å². The lowest BCUT2D eigenvalue weighted by Gasteiger charge is -2.20. The van der Waals surface area contributed by atoms with E-state index < -0.39 is 0 Å². The topological polar surface area (TPSA) is 54.7 Å². The smallest absolute Gasteiger partial charge is 0.123 e. The molecule has 0 amide bonds. The molecule has 0 saturated heterocycles. The van der Waals surface area contributed by atoms with Gasteiger partial charge in [0.15, 0.2) is 0 Å². The number of aromatic nitrogens is 2. The number of imidazole rings is 1. The molecule has 4 heteroatoms. The summed E-state index contributed by atoms with van der Waals surface area (Å²) in [5.41, 5.74) is 7.35. The molecule has 3 N–H and O–H groups in total. The predicted octanol–water partition coefficient (Wildman–Crippen LogP) is 2.84. The standard InChI is InChI=1S/C14H18FN3/c1-14(2,7-8-16)13-17-9-12(18-13)10-3-5-11(15)6-4-10/h3-6,9H,7-8,16H2,1-2H3,(H,17,18). The summed E-state index contributed by atoms with van der Waals surface area (Å²) in [7, 11) is 0. The molecule has 96 valence electrons. The number of rotatable bonds is 4. The van der Waals surface area contributed by atoms with Crippen LogP contribution < -0.4 is 5.73 Å². The van der Waals surface area contributed by atoms with Crippen molar-refractivity contribution >= 4 is 0 Å². The maximum atomic E-state index is 12.9. The number of benzene rings is 1. The summed E-state index contributed by atoms with van der Waals surface area (Å²) in [5.74, 6) is 0.675. The fraction of sp³-hybridized carbons (Fsp3) is 0.357. The van der Waals surface area contributed by atoms with Crippen LogP contribution in [0.4, 0.5) is 4.39 Å². The Kier molecular flexibility index (Phi) is 3.48. The van der Waals surface area contributed by atoms with Gasteiger partial charge >= 0.3 is 0 Å². The molecular weight excluding hydrogens is 229 g/mol. The monoisotopic (exact) mass is 247 g/mol. The summed E-state index contributed by atoms with van der Waals surface area (Å²) in [6.45, 7) is 4.83. The molecule has 1 aromatic heterocycles. The molecule has 0 bridgehead atoms. The number of halogens is 1. The van der Waals surface area contributed by atoms with Crippen LogP contribution in [-0.2, 0) is 5.41 Å². The summed E-state index contributed by atoms with van der Waals surface area (Å²) in [4.78, 5) is 7.69. The number of hydrogen-bond donors (Lipinski definition) is 2. The van der Waals surface area contributed by atoms with Crippen LogP contribution in [0.5, 0.6) is 0 Å². The molecule has 1 heterocycles. The third-order valence-electron chi connectivity index (χ3n) is 3.14. The highest BCUT2D eigenvalue weighted by molar-refractivity contribution is 5.58. The van der Waals surface area contributed by atoms with Crippen LogP contribution in [0.3, 0.4) is 0 Å². The Bertz CT molecular complexity index is 514. The average Bonchev–Trinajstić information content (AvgIpc) is 2.80. The van der Waals surface area contributed by atoms with E-state index in [-0.39, 0.29) is 11.2 Å². The van der Waals surface area contributed by atoms with Gasteiger partial charge in [-0.1, -0.05) is 13.8 Å². The summed E-state index contributed by atoms with van der Waals surface area (Å²) < 4.78 is 12.9. The van der Waals surface area contributed by atoms with Gasteiger partial charge in [-0.15, -0.1) is 0 Å². The molecule has 0 unspecified atom stereocenters. The SMILES string of the molecule is CC(C)(CCN)c1ncc(-c2ccc(F)cc2)[nH]1. The van der Waals surface area contributed by atoms with Crippen molar-refractivity contribution in [2.24, 2.45) is 5.73 Å². The van der Waals surface area contributed by atoms with Gasteiger partial charge in [0.25, 0.3) is 0 Å². The first-order valence-electron chi connectivity index (χ1n) is 6.04. The van der Waals surface area contributed by atoms with E-state index in [1.54, 1.807) is 18.3 Å². The van der Waals surface area contributed by atoms with E-state index in [1.807, 2.05) is 0 Å². The lowest BCUT2D eigenvalue weighted by molar-refractivity contribution is 0.462. The Morgan fingerprint density at radius 1 is 1.28 bits per heavy atom. The molecule has 1 aromatic carbocycles. The molecule has 2 aromatic rings. The highest BCUT2D eigenvalue weighted by atomic mass is 19.1. The van der Waals surface area contributed by atoms with Crippen LogP contribution in [0.2, 0.25) is 0 Å². The average molecular weight is 247 g/mol. The first-order chi connectivity index (χ1) is 8.53. The summed E-state index contributed by atoms with van der Waals surface area (Å²) in [6, 6.07) is 6.37. The van der Waals surface area contributed by atoms with Crippen molar-refractivity contribution in [3.05, 3.63) is 42.1 Å². The van der Waals surface area contributed by atoms with Crippen molar-refractivity contribution in [2.45, 2.75) is 25.7 Å². The summed E-state index contributed by atoms with van der Waals surface area (Å²) >= 11 is 0. The van der Waals surface area contributed by atoms with Crippen LogP contribution >= 0.6 is 0 Å². The largest absolute Gasteiger partial charge is 0.342 e. The second-order valence-corrected chi connectivity index (χ2v) is 5.07. The number of H-pyrrole nitrogens is 1. The fourth-order valence-corrected chi connectivity index (χ4v) is 1.92. The molecule has 0 saturated carbocycles. The molecule has 0 fully saturated rings. The Hall–Kier alpha value is -1.68. The minimum absolute atomic E-state index is 0.0764. The quantitative estimate of drug-likeness (QED) is 0.872. The van der Waals surface area contributed by atoms with E-state index in [9.17, 15) is 4.39 Å². The second-order valence-electron chi connectivity index (χ2n) is 5.07. The predicted molar refractivity (Wildman–Crippen MR) is 70.7 cm³/mol. The van der Waals surface area contributed by atoms with Crippen LogP contribution in [-0.4, -0.2) is 16.5 Å². The molecule has 18 heavy (non-hydrogen) atoms. The normalized spacial score (nSPS) is 11.8. The van der Waals surface area contributed by atoms with Crippen molar-refractivity contribution in [3.63, 3.8) is 0 Å². The van der Waals surface area contributed by atoms with E-state index in [0.29, 0.717) is 6.54 Å².